The molecule has 25 nitrogen and oxygen atoms in total. The van der Waals surface area contributed by atoms with Crippen molar-refractivity contribution in [3.05, 3.63) is 183 Å². The fourth-order valence-corrected chi connectivity index (χ4v) is 6.53. The Kier molecular flexibility index (Phi) is 19.4. The van der Waals surface area contributed by atoms with Crippen molar-refractivity contribution in [2.75, 3.05) is 0 Å². The summed E-state index contributed by atoms with van der Waals surface area (Å²) in [5, 5.41) is 80.7. The van der Waals surface area contributed by atoms with E-state index in [0.29, 0.717) is 37.3 Å². The van der Waals surface area contributed by atoms with Gasteiger partial charge in [0, 0.05) is 50.5 Å². The number of pyridine rings is 2. The summed E-state index contributed by atoms with van der Waals surface area (Å²) in [5.74, 6) is -1.23. The summed E-state index contributed by atoms with van der Waals surface area (Å²) < 4.78 is 0. The second-order valence-corrected chi connectivity index (χ2v) is 16.1. The van der Waals surface area contributed by atoms with Crippen LogP contribution in [0.5, 0.6) is 0 Å². The van der Waals surface area contributed by atoms with Gasteiger partial charge in [0.2, 0.25) is 0 Å². The summed E-state index contributed by atoms with van der Waals surface area (Å²) in [6.07, 6.45) is 10.9. The lowest BCUT2D eigenvalue weighted by atomic mass is 9.96. The first kappa shape index (κ1) is 52.7. The van der Waals surface area contributed by atoms with Gasteiger partial charge in [-0.05, 0) is 83.5 Å². The number of aromatic nitrogens is 17. The smallest absolute Gasteiger partial charge is 0.311 e. The Labute approximate surface area is 415 Å². The summed E-state index contributed by atoms with van der Waals surface area (Å²) >= 11 is 0. The van der Waals surface area contributed by atoms with Gasteiger partial charge in [0.05, 0.1) is 31.2 Å². The van der Waals surface area contributed by atoms with Crippen LogP contribution in [-0.4, -0.2) is 131 Å². The monoisotopic (exact) mass is 987 g/mol. The normalized spacial score (nSPS) is 10.5. The average Bonchev–Trinajstić information content (AvgIpc) is 3.35. The molecule has 0 amide bonds. The summed E-state index contributed by atoms with van der Waals surface area (Å²) in [6.45, 7) is 2.84. The van der Waals surface area contributed by atoms with Crippen molar-refractivity contribution in [3.8, 4) is 0 Å². The predicted molar refractivity (Wildman–Crippen MR) is 251 cm³/mol. The van der Waals surface area contributed by atoms with Gasteiger partial charge in [-0.15, -0.1) is 66.3 Å². The zero-order chi connectivity index (χ0) is 52.0. The zero-order valence-corrected chi connectivity index (χ0v) is 39.3. The molecule has 73 heavy (non-hydrogen) atoms. The average molecular weight is 988 g/mol. The van der Waals surface area contributed by atoms with Crippen molar-refractivity contribution in [1.29, 1.82) is 0 Å². The number of carboxylic acids is 3. The van der Waals surface area contributed by atoms with Gasteiger partial charge in [-0.2, -0.15) is 5.10 Å². The van der Waals surface area contributed by atoms with Crippen molar-refractivity contribution in [2.24, 2.45) is 0 Å². The van der Waals surface area contributed by atoms with Gasteiger partial charge in [0.1, 0.15) is 24.4 Å². The van der Waals surface area contributed by atoms with Crippen LogP contribution in [0.1, 0.15) is 99.3 Å². The molecule has 370 valence electrons. The Bertz CT molecular complexity index is 2800. The molecule has 0 aliphatic heterocycles. The first-order valence-corrected chi connectivity index (χ1v) is 22.1. The highest BCUT2D eigenvalue weighted by atomic mass is 16.4. The molecule has 0 bridgehead atoms. The van der Waals surface area contributed by atoms with Crippen LogP contribution in [0.2, 0.25) is 0 Å². The second kappa shape index (κ2) is 26.9. The Balaban J connectivity index is 0.000000210. The van der Waals surface area contributed by atoms with Crippen LogP contribution in [-0.2, 0) is 88.2 Å². The molecule has 6 heterocycles. The van der Waals surface area contributed by atoms with E-state index in [1.54, 1.807) is 43.1 Å². The van der Waals surface area contributed by atoms with E-state index in [2.05, 4.69) is 86.3 Å². The van der Waals surface area contributed by atoms with E-state index in [-0.39, 0.29) is 67.0 Å². The van der Waals surface area contributed by atoms with Gasteiger partial charge in [-0.1, -0.05) is 42.5 Å². The maximum Gasteiger partial charge on any atom is 0.311 e. The number of benzene rings is 2. The van der Waals surface area contributed by atoms with E-state index in [1.807, 2.05) is 54.6 Å². The van der Waals surface area contributed by atoms with Gasteiger partial charge in [0.25, 0.3) is 0 Å². The number of hydrogen-bond donors (Lipinski definition) is 3. The molecule has 0 saturated heterocycles. The Hall–Kier alpha value is -9.68. The highest BCUT2D eigenvalue weighted by Crippen LogP contribution is 2.19. The molecule has 0 spiro atoms. The molecular weight excluding hydrogens is 943 g/mol. The van der Waals surface area contributed by atoms with Crippen LogP contribution in [0, 0.1) is 0 Å². The molecule has 3 N–H and O–H groups in total. The van der Waals surface area contributed by atoms with Gasteiger partial charge in [-0.25, -0.2) is 4.98 Å². The topological polar surface area (TPSA) is 365 Å². The largest absolute Gasteiger partial charge is 0.481 e. The van der Waals surface area contributed by atoms with E-state index in [1.165, 1.54) is 13.8 Å². The third-order valence-electron chi connectivity index (χ3n) is 9.64. The van der Waals surface area contributed by atoms with Crippen LogP contribution in [0.15, 0.2) is 97.7 Å². The minimum Gasteiger partial charge on any atom is -0.481 e. The number of aliphatic carboxylic acids is 3. The number of carboxylic acid groups (broad SMARTS) is 3. The number of ketones is 2. The maximum atomic E-state index is 11.3. The first-order chi connectivity index (χ1) is 35.2. The molecule has 0 fully saturated rings. The molecule has 25 heteroatoms. The van der Waals surface area contributed by atoms with Crippen molar-refractivity contribution >= 4 is 29.5 Å². The fraction of sp³-hybridized carbons (Fsp3) is 0.250. The number of nitrogens with zero attached hydrogens (tertiary/aromatic N) is 17. The molecule has 2 aromatic carbocycles. The first-order valence-electron chi connectivity index (χ1n) is 22.1. The highest BCUT2D eigenvalue weighted by molar-refractivity contribution is 5.77. The van der Waals surface area contributed by atoms with Crippen LogP contribution in [0.4, 0.5) is 0 Å². The van der Waals surface area contributed by atoms with Crippen molar-refractivity contribution < 1.29 is 39.3 Å². The van der Waals surface area contributed by atoms with E-state index < -0.39 is 17.9 Å². The van der Waals surface area contributed by atoms with Gasteiger partial charge >= 0.3 is 17.9 Å². The van der Waals surface area contributed by atoms with Gasteiger partial charge in [0.15, 0.2) is 40.8 Å². The predicted octanol–water partition coefficient (Wildman–Crippen LogP) is 1.87. The SMILES string of the molecule is CC(=O)Cc1nnc(CC(=O)O)nn1.CC(=O)Cc1nnc(Cc2cc(Cc3ccc(CC(=O)O)cc3)cc(Cc3nnc(CC(=O)O)nn3)c2)nn1.c1cc(Cc2cnc(Cc3ccncc3)nn2)ccn1. The van der Waals surface area contributed by atoms with E-state index in [9.17, 15) is 24.0 Å². The molecule has 0 aliphatic carbocycles. The fourth-order valence-electron chi connectivity index (χ4n) is 6.53. The highest BCUT2D eigenvalue weighted by Gasteiger charge is 2.13. The Morgan fingerprint density at radius 1 is 0.342 bits per heavy atom. The number of carbonyl (C=O) groups excluding carboxylic acids is 2. The molecule has 0 unspecified atom stereocenters. The number of rotatable bonds is 20. The van der Waals surface area contributed by atoms with E-state index >= 15 is 0 Å². The molecule has 8 rings (SSSR count). The third kappa shape index (κ3) is 19.3. The minimum atomic E-state index is -1.07. The zero-order valence-electron chi connectivity index (χ0n) is 39.3. The van der Waals surface area contributed by atoms with Crippen LogP contribution >= 0.6 is 0 Å². The minimum absolute atomic E-state index is 0.0254. The Morgan fingerprint density at radius 3 is 1.05 bits per heavy atom. The summed E-state index contributed by atoms with van der Waals surface area (Å²) in [7, 11) is 0. The number of hydrogen-bond acceptors (Lipinski definition) is 22. The molecule has 0 atom stereocenters. The summed E-state index contributed by atoms with van der Waals surface area (Å²) in [6, 6.07) is 21.2. The second-order valence-electron chi connectivity index (χ2n) is 16.1. The van der Waals surface area contributed by atoms with E-state index in [4.69, 9.17) is 15.3 Å². The van der Waals surface area contributed by atoms with Gasteiger partial charge < -0.3 is 15.3 Å². The molecule has 6 aromatic heterocycles. The molecule has 0 saturated carbocycles. The van der Waals surface area contributed by atoms with Gasteiger partial charge in [-0.3, -0.25) is 33.9 Å². The lowest BCUT2D eigenvalue weighted by molar-refractivity contribution is -0.137. The third-order valence-corrected chi connectivity index (χ3v) is 9.64. The van der Waals surface area contributed by atoms with E-state index in [0.717, 1.165) is 56.9 Å². The molecule has 0 radical (unpaired) electrons. The van der Waals surface area contributed by atoms with Crippen molar-refractivity contribution in [3.63, 3.8) is 0 Å². The lowest BCUT2D eigenvalue weighted by Crippen LogP contribution is -2.11. The molecule has 8 aromatic rings. The number of carbonyl (C=O) groups is 5. The van der Waals surface area contributed by atoms with Crippen LogP contribution < -0.4 is 0 Å². The summed E-state index contributed by atoms with van der Waals surface area (Å²) in [4.78, 5) is 66.3. The van der Waals surface area contributed by atoms with Crippen LogP contribution in [0.3, 0.4) is 0 Å². The van der Waals surface area contributed by atoms with Crippen molar-refractivity contribution in [2.45, 2.75) is 78.1 Å². The lowest BCUT2D eigenvalue weighted by Gasteiger charge is -2.10. The van der Waals surface area contributed by atoms with Crippen molar-refractivity contribution in [1.82, 2.24) is 86.3 Å². The Morgan fingerprint density at radius 2 is 0.671 bits per heavy atom. The maximum absolute atomic E-state index is 11.3. The molecular formula is C48H45N17O8. The molecule has 0 aliphatic rings. The van der Waals surface area contributed by atoms with Crippen LogP contribution in [0.25, 0.3) is 0 Å². The standard InChI is InChI=1S/C26H24N8O5.C15H13N5.C7H8N4O3/c1-15(35)6-21-27-29-22(30-28-21)11-19-8-18(7-16-2-4-17(5-3-16)13-25(36)37)9-20(10-19)12-23-31-33-24(34-32-23)14-26(38)39;1-5-16-6-2-12(1)9-14-11-18-15(20-19-14)10-13-3-7-17-8-4-13;1-4(12)2-5-8-10-6(11-9-5)3-7(13)14/h2-5,8-10H,6-7,11-14H2,1H3,(H,36,37)(H,38,39);1-8,11H,9-10H2;2-3H2,1H3,(H,13,14). The summed E-state index contributed by atoms with van der Waals surface area (Å²) in [5.41, 5.74) is 7.58. The quantitative estimate of drug-likeness (QED) is 0.0981. The number of Topliss-reactive ketones (excluding diaryl/α,β-unsaturated/α-hetero) is 2.